The van der Waals surface area contributed by atoms with Crippen LogP contribution in [0.2, 0.25) is 0 Å². The van der Waals surface area contributed by atoms with Crippen molar-refractivity contribution in [2.24, 2.45) is 7.05 Å². The standard InChI is InChI=1S/C20H22N4O3/c1-23-14-17(13-21-12-11-15-5-3-4-6-19(15)27-2)20(22-23)16-7-9-18(10-8-16)24(25)26/h3-10,14,21H,11-13H2,1-2H3. The number of ether oxygens (including phenoxy) is 1. The maximum atomic E-state index is 10.8. The summed E-state index contributed by atoms with van der Waals surface area (Å²) in [6.45, 7) is 1.46. The van der Waals surface area contributed by atoms with Crippen LogP contribution in [0.4, 0.5) is 5.69 Å². The predicted molar refractivity (Wildman–Crippen MR) is 104 cm³/mol. The van der Waals surface area contributed by atoms with Crippen molar-refractivity contribution < 1.29 is 9.66 Å². The zero-order valence-corrected chi connectivity index (χ0v) is 15.4. The van der Waals surface area contributed by atoms with Crippen LogP contribution in [0.3, 0.4) is 0 Å². The number of hydrogen-bond donors (Lipinski definition) is 1. The molecule has 7 nitrogen and oxygen atoms in total. The summed E-state index contributed by atoms with van der Waals surface area (Å²) in [5, 5.41) is 18.8. The van der Waals surface area contributed by atoms with Gasteiger partial charge in [-0.3, -0.25) is 14.8 Å². The van der Waals surface area contributed by atoms with Gasteiger partial charge in [0.15, 0.2) is 0 Å². The van der Waals surface area contributed by atoms with Gasteiger partial charge in [-0.1, -0.05) is 18.2 Å². The Morgan fingerprint density at radius 3 is 2.59 bits per heavy atom. The van der Waals surface area contributed by atoms with E-state index in [1.54, 1.807) is 23.9 Å². The zero-order valence-electron chi connectivity index (χ0n) is 15.4. The molecule has 0 radical (unpaired) electrons. The van der Waals surface area contributed by atoms with E-state index in [-0.39, 0.29) is 5.69 Å². The molecular weight excluding hydrogens is 344 g/mol. The molecule has 0 amide bonds. The van der Waals surface area contributed by atoms with Crippen molar-refractivity contribution >= 4 is 5.69 Å². The smallest absolute Gasteiger partial charge is 0.269 e. The van der Waals surface area contributed by atoms with Crippen LogP contribution >= 0.6 is 0 Å². The van der Waals surface area contributed by atoms with E-state index in [1.165, 1.54) is 12.1 Å². The third-order valence-corrected chi connectivity index (χ3v) is 4.34. The molecule has 1 aromatic heterocycles. The summed E-state index contributed by atoms with van der Waals surface area (Å²) in [4.78, 5) is 10.4. The molecule has 0 fully saturated rings. The van der Waals surface area contributed by atoms with Crippen LogP contribution in [-0.4, -0.2) is 28.4 Å². The quantitative estimate of drug-likeness (QED) is 0.376. The number of hydrogen-bond acceptors (Lipinski definition) is 5. The van der Waals surface area contributed by atoms with Crippen molar-refractivity contribution in [3.63, 3.8) is 0 Å². The molecule has 3 aromatic rings. The minimum atomic E-state index is -0.400. The number of nitro benzene ring substituents is 1. The number of aromatic nitrogens is 2. The Hall–Kier alpha value is -3.19. The summed E-state index contributed by atoms with van der Waals surface area (Å²) in [6, 6.07) is 14.5. The fourth-order valence-corrected chi connectivity index (χ4v) is 3.01. The number of nitrogens with zero attached hydrogens (tertiary/aromatic N) is 3. The van der Waals surface area contributed by atoms with E-state index in [2.05, 4.69) is 16.5 Å². The van der Waals surface area contributed by atoms with E-state index in [1.807, 2.05) is 31.4 Å². The molecule has 3 rings (SSSR count). The van der Waals surface area contributed by atoms with Gasteiger partial charge in [-0.15, -0.1) is 0 Å². The average Bonchev–Trinajstić information content (AvgIpc) is 3.06. The molecule has 27 heavy (non-hydrogen) atoms. The summed E-state index contributed by atoms with van der Waals surface area (Å²) in [7, 11) is 3.55. The number of nitrogens with one attached hydrogen (secondary N) is 1. The van der Waals surface area contributed by atoms with Gasteiger partial charge in [-0.05, 0) is 36.7 Å². The van der Waals surface area contributed by atoms with Gasteiger partial charge in [0.1, 0.15) is 5.75 Å². The number of methoxy groups -OCH3 is 1. The van der Waals surface area contributed by atoms with Crippen molar-refractivity contribution in [1.82, 2.24) is 15.1 Å². The summed E-state index contributed by atoms with van der Waals surface area (Å²) >= 11 is 0. The number of para-hydroxylation sites is 1. The Bertz CT molecular complexity index is 919. The Morgan fingerprint density at radius 2 is 1.89 bits per heavy atom. The molecule has 2 aromatic carbocycles. The number of aryl methyl sites for hydroxylation is 1. The molecule has 0 unspecified atom stereocenters. The Balaban J connectivity index is 1.65. The van der Waals surface area contributed by atoms with E-state index in [0.29, 0.717) is 6.54 Å². The topological polar surface area (TPSA) is 82.2 Å². The fourth-order valence-electron chi connectivity index (χ4n) is 3.01. The molecule has 140 valence electrons. The molecule has 0 saturated carbocycles. The maximum absolute atomic E-state index is 10.8. The summed E-state index contributed by atoms with van der Waals surface area (Å²) in [5.41, 5.74) is 3.98. The summed E-state index contributed by atoms with van der Waals surface area (Å²) < 4.78 is 7.14. The number of non-ortho nitro benzene ring substituents is 1. The average molecular weight is 366 g/mol. The molecule has 0 atom stereocenters. The predicted octanol–water partition coefficient (Wildman–Crippen LogP) is 3.34. The molecule has 0 aliphatic heterocycles. The number of nitro groups is 1. The minimum Gasteiger partial charge on any atom is -0.496 e. The van der Waals surface area contributed by atoms with E-state index in [9.17, 15) is 10.1 Å². The van der Waals surface area contributed by atoms with Gasteiger partial charge in [-0.2, -0.15) is 5.10 Å². The van der Waals surface area contributed by atoms with E-state index in [0.717, 1.165) is 41.1 Å². The molecule has 1 heterocycles. The molecule has 0 aliphatic rings. The van der Waals surface area contributed by atoms with E-state index in [4.69, 9.17) is 4.74 Å². The molecule has 0 aliphatic carbocycles. The van der Waals surface area contributed by atoms with Gasteiger partial charge in [0.05, 0.1) is 17.7 Å². The van der Waals surface area contributed by atoms with Crippen LogP contribution in [0.15, 0.2) is 54.7 Å². The first-order valence-electron chi connectivity index (χ1n) is 8.68. The first kappa shape index (κ1) is 18.6. The molecule has 0 saturated heterocycles. The lowest BCUT2D eigenvalue weighted by Gasteiger charge is -2.09. The number of rotatable bonds is 8. The van der Waals surface area contributed by atoms with Crippen molar-refractivity contribution in [1.29, 1.82) is 0 Å². The van der Waals surface area contributed by atoms with E-state index >= 15 is 0 Å². The van der Waals surface area contributed by atoms with Crippen molar-refractivity contribution in [2.45, 2.75) is 13.0 Å². The fraction of sp³-hybridized carbons (Fsp3) is 0.250. The normalized spacial score (nSPS) is 10.7. The second kappa shape index (κ2) is 8.46. The third-order valence-electron chi connectivity index (χ3n) is 4.34. The van der Waals surface area contributed by atoms with E-state index < -0.39 is 4.92 Å². The zero-order chi connectivity index (χ0) is 19.2. The van der Waals surface area contributed by atoms with Gasteiger partial charge in [-0.25, -0.2) is 0 Å². The highest BCUT2D eigenvalue weighted by molar-refractivity contribution is 5.64. The number of benzene rings is 2. The van der Waals surface area contributed by atoms with Gasteiger partial charge >= 0.3 is 0 Å². The van der Waals surface area contributed by atoms with Crippen LogP contribution in [0, 0.1) is 10.1 Å². The second-order valence-electron chi connectivity index (χ2n) is 6.22. The van der Waals surface area contributed by atoms with Crippen LogP contribution in [0.25, 0.3) is 11.3 Å². The molecule has 0 spiro atoms. The van der Waals surface area contributed by atoms with Crippen LogP contribution in [-0.2, 0) is 20.0 Å². The van der Waals surface area contributed by atoms with Crippen LogP contribution in [0.5, 0.6) is 5.75 Å². The van der Waals surface area contributed by atoms with Crippen molar-refractivity contribution in [3.8, 4) is 17.0 Å². The Morgan fingerprint density at radius 1 is 1.15 bits per heavy atom. The molecular formula is C20H22N4O3. The van der Waals surface area contributed by atoms with Crippen molar-refractivity contribution in [2.75, 3.05) is 13.7 Å². The SMILES string of the molecule is COc1ccccc1CCNCc1cn(C)nc1-c1ccc([N+](=O)[O-])cc1. The van der Waals surface area contributed by atoms with Crippen LogP contribution in [0.1, 0.15) is 11.1 Å². The Labute approximate surface area is 157 Å². The highest BCUT2D eigenvalue weighted by Crippen LogP contribution is 2.24. The third kappa shape index (κ3) is 4.51. The van der Waals surface area contributed by atoms with Gasteiger partial charge in [0, 0.05) is 43.0 Å². The highest BCUT2D eigenvalue weighted by Gasteiger charge is 2.12. The molecule has 0 bridgehead atoms. The highest BCUT2D eigenvalue weighted by atomic mass is 16.6. The molecule has 7 heteroatoms. The summed E-state index contributed by atoms with van der Waals surface area (Å²) in [5.74, 6) is 0.896. The van der Waals surface area contributed by atoms with Gasteiger partial charge in [0.25, 0.3) is 5.69 Å². The monoisotopic (exact) mass is 366 g/mol. The summed E-state index contributed by atoms with van der Waals surface area (Å²) in [6.07, 6.45) is 2.82. The first-order valence-corrected chi connectivity index (χ1v) is 8.68. The molecule has 1 N–H and O–H groups in total. The maximum Gasteiger partial charge on any atom is 0.269 e. The van der Waals surface area contributed by atoms with Crippen LogP contribution < -0.4 is 10.1 Å². The van der Waals surface area contributed by atoms with Crippen molar-refractivity contribution in [3.05, 3.63) is 76.0 Å². The lowest BCUT2D eigenvalue weighted by Crippen LogP contribution is -2.17. The minimum absolute atomic E-state index is 0.0752. The lowest BCUT2D eigenvalue weighted by molar-refractivity contribution is -0.384. The van der Waals surface area contributed by atoms with Gasteiger partial charge < -0.3 is 10.1 Å². The lowest BCUT2D eigenvalue weighted by atomic mass is 10.1. The second-order valence-corrected chi connectivity index (χ2v) is 6.22. The Kier molecular flexibility index (Phi) is 5.83. The van der Waals surface area contributed by atoms with Gasteiger partial charge in [0.2, 0.25) is 0 Å². The largest absolute Gasteiger partial charge is 0.496 e. The first-order chi connectivity index (χ1) is 13.1.